The highest BCUT2D eigenvalue weighted by molar-refractivity contribution is 8.00. The van der Waals surface area contributed by atoms with Gasteiger partial charge in [-0.3, -0.25) is 4.79 Å². The summed E-state index contributed by atoms with van der Waals surface area (Å²) in [4.78, 5) is 11.7. The van der Waals surface area contributed by atoms with E-state index in [1.807, 2.05) is 0 Å². The van der Waals surface area contributed by atoms with Crippen LogP contribution in [0.3, 0.4) is 0 Å². The Morgan fingerprint density at radius 1 is 1.24 bits per heavy atom. The van der Waals surface area contributed by atoms with Crippen molar-refractivity contribution in [3.05, 3.63) is 0 Å². The molecule has 98 valence electrons. The van der Waals surface area contributed by atoms with Crippen LogP contribution in [0.2, 0.25) is 0 Å². The van der Waals surface area contributed by atoms with Crippen molar-refractivity contribution >= 4 is 17.7 Å². The van der Waals surface area contributed by atoms with Gasteiger partial charge in [-0.25, -0.2) is 0 Å². The lowest BCUT2D eigenvalue weighted by atomic mass is 10.0. The van der Waals surface area contributed by atoms with E-state index in [0.717, 1.165) is 25.7 Å². The molecule has 2 aliphatic rings. The molecule has 2 aliphatic carbocycles. The highest BCUT2D eigenvalue weighted by Crippen LogP contribution is 2.30. The molecule has 0 heterocycles. The minimum Gasteiger partial charge on any atom is -0.388 e. The third-order valence-corrected chi connectivity index (χ3v) is 5.27. The van der Waals surface area contributed by atoms with Crippen molar-refractivity contribution in [3.63, 3.8) is 0 Å². The zero-order valence-corrected chi connectivity index (χ0v) is 11.2. The molecule has 0 unspecified atom stereocenters. The van der Waals surface area contributed by atoms with Gasteiger partial charge in [0.1, 0.15) is 0 Å². The van der Waals surface area contributed by atoms with Crippen molar-refractivity contribution in [2.75, 3.05) is 12.3 Å². The molecule has 0 radical (unpaired) electrons. The topological polar surface area (TPSA) is 49.3 Å². The first kappa shape index (κ1) is 13.2. The van der Waals surface area contributed by atoms with Crippen LogP contribution >= 0.6 is 11.8 Å². The highest BCUT2D eigenvalue weighted by atomic mass is 32.2. The van der Waals surface area contributed by atoms with E-state index < -0.39 is 5.60 Å². The predicted molar refractivity (Wildman–Crippen MR) is 71.1 cm³/mol. The molecule has 2 rings (SSSR count). The lowest BCUT2D eigenvalue weighted by molar-refractivity contribution is -0.119. The fourth-order valence-corrected chi connectivity index (χ4v) is 3.93. The summed E-state index contributed by atoms with van der Waals surface area (Å²) < 4.78 is 0. The van der Waals surface area contributed by atoms with Crippen LogP contribution in [0.1, 0.15) is 51.4 Å². The maximum absolute atomic E-state index is 11.7. The maximum Gasteiger partial charge on any atom is 0.230 e. The first-order chi connectivity index (χ1) is 8.18. The minimum absolute atomic E-state index is 0.0854. The van der Waals surface area contributed by atoms with Gasteiger partial charge in [-0.2, -0.15) is 0 Å². The van der Waals surface area contributed by atoms with Crippen LogP contribution < -0.4 is 5.32 Å². The molecule has 0 aromatic carbocycles. The van der Waals surface area contributed by atoms with Crippen LogP contribution in [0, 0.1) is 0 Å². The van der Waals surface area contributed by atoms with Gasteiger partial charge >= 0.3 is 0 Å². The largest absolute Gasteiger partial charge is 0.388 e. The summed E-state index contributed by atoms with van der Waals surface area (Å²) in [5.74, 6) is 0.642. The summed E-state index contributed by atoms with van der Waals surface area (Å²) in [5, 5.41) is 13.7. The number of amides is 1. The Morgan fingerprint density at radius 3 is 2.53 bits per heavy atom. The third kappa shape index (κ3) is 4.18. The molecule has 2 saturated carbocycles. The fraction of sp³-hybridized carbons (Fsp3) is 0.923. The number of rotatable bonds is 5. The van der Waals surface area contributed by atoms with Crippen LogP contribution in [0.15, 0.2) is 0 Å². The van der Waals surface area contributed by atoms with E-state index in [0.29, 0.717) is 17.5 Å². The van der Waals surface area contributed by atoms with Crippen LogP contribution in [0.5, 0.6) is 0 Å². The van der Waals surface area contributed by atoms with Gasteiger partial charge in [-0.1, -0.05) is 25.7 Å². The summed E-state index contributed by atoms with van der Waals surface area (Å²) in [7, 11) is 0. The molecule has 1 amide bonds. The molecule has 0 aromatic heterocycles. The average molecular weight is 257 g/mol. The van der Waals surface area contributed by atoms with Gasteiger partial charge in [0.2, 0.25) is 5.91 Å². The number of nitrogens with one attached hydrogen (secondary N) is 1. The quantitative estimate of drug-likeness (QED) is 0.793. The molecule has 2 fully saturated rings. The SMILES string of the molecule is O=C(CSC1CCCC1)NCC1(O)CCCC1. The number of hydrogen-bond acceptors (Lipinski definition) is 3. The molecule has 4 heteroatoms. The van der Waals surface area contributed by atoms with Gasteiger partial charge in [0.15, 0.2) is 0 Å². The van der Waals surface area contributed by atoms with Gasteiger partial charge in [0, 0.05) is 11.8 Å². The Bertz CT molecular complexity index is 258. The van der Waals surface area contributed by atoms with Gasteiger partial charge in [-0.05, 0) is 25.7 Å². The van der Waals surface area contributed by atoms with Crippen molar-refractivity contribution in [1.29, 1.82) is 0 Å². The minimum atomic E-state index is -0.617. The van der Waals surface area contributed by atoms with E-state index >= 15 is 0 Å². The predicted octanol–water partition coefficient (Wildman–Crippen LogP) is 2.08. The zero-order chi connectivity index (χ0) is 12.1. The lowest BCUT2D eigenvalue weighted by Crippen LogP contribution is -2.41. The zero-order valence-electron chi connectivity index (χ0n) is 10.4. The Morgan fingerprint density at radius 2 is 1.88 bits per heavy atom. The van der Waals surface area contributed by atoms with E-state index in [-0.39, 0.29) is 5.91 Å². The molecule has 0 saturated heterocycles. The van der Waals surface area contributed by atoms with Crippen molar-refractivity contribution in [3.8, 4) is 0 Å². The van der Waals surface area contributed by atoms with E-state index in [1.165, 1.54) is 25.7 Å². The molecule has 0 aromatic rings. The third-order valence-electron chi connectivity index (χ3n) is 3.90. The highest BCUT2D eigenvalue weighted by Gasteiger charge is 2.31. The second kappa shape index (κ2) is 6.10. The van der Waals surface area contributed by atoms with Gasteiger partial charge < -0.3 is 10.4 Å². The number of aliphatic hydroxyl groups is 1. The van der Waals surface area contributed by atoms with Crippen molar-refractivity contribution < 1.29 is 9.90 Å². The second-order valence-corrected chi connectivity index (χ2v) is 6.71. The Kier molecular flexibility index (Phi) is 4.74. The monoisotopic (exact) mass is 257 g/mol. The summed E-state index contributed by atoms with van der Waals surface area (Å²) in [6.07, 6.45) is 9.01. The molecule has 0 aliphatic heterocycles. The van der Waals surface area contributed by atoms with E-state index in [9.17, 15) is 9.90 Å². The van der Waals surface area contributed by atoms with Crippen LogP contribution in [0.4, 0.5) is 0 Å². The van der Waals surface area contributed by atoms with Crippen molar-refractivity contribution in [1.82, 2.24) is 5.32 Å². The van der Waals surface area contributed by atoms with Crippen molar-refractivity contribution in [2.45, 2.75) is 62.2 Å². The first-order valence-electron chi connectivity index (χ1n) is 6.79. The molecular weight excluding hydrogens is 234 g/mol. The molecule has 2 N–H and O–H groups in total. The Balaban J connectivity index is 1.60. The van der Waals surface area contributed by atoms with Crippen molar-refractivity contribution in [2.24, 2.45) is 0 Å². The molecule has 3 nitrogen and oxygen atoms in total. The summed E-state index contributed by atoms with van der Waals surface area (Å²) in [5.41, 5.74) is -0.617. The van der Waals surface area contributed by atoms with E-state index in [2.05, 4.69) is 5.32 Å². The lowest BCUT2D eigenvalue weighted by Gasteiger charge is -2.22. The Hall–Kier alpha value is -0.220. The van der Waals surface area contributed by atoms with Gasteiger partial charge in [0.25, 0.3) is 0 Å². The summed E-state index contributed by atoms with van der Waals surface area (Å²) in [6, 6.07) is 0. The van der Waals surface area contributed by atoms with Crippen LogP contribution in [0.25, 0.3) is 0 Å². The number of carbonyl (C=O) groups excluding carboxylic acids is 1. The Labute approximate surface area is 108 Å². The smallest absolute Gasteiger partial charge is 0.230 e. The summed E-state index contributed by atoms with van der Waals surface area (Å²) in [6.45, 7) is 0.442. The normalized spacial score (nSPS) is 24.1. The summed E-state index contributed by atoms with van der Waals surface area (Å²) >= 11 is 1.78. The van der Waals surface area contributed by atoms with Gasteiger partial charge in [0.05, 0.1) is 11.4 Å². The van der Waals surface area contributed by atoms with E-state index in [1.54, 1.807) is 11.8 Å². The average Bonchev–Trinajstić information content (AvgIpc) is 2.95. The molecule has 0 bridgehead atoms. The standard InChI is InChI=1S/C13H23NO2S/c15-12(9-17-11-5-1-2-6-11)14-10-13(16)7-3-4-8-13/h11,16H,1-10H2,(H,14,15). The molecule has 0 spiro atoms. The van der Waals surface area contributed by atoms with Crippen LogP contribution in [-0.4, -0.2) is 34.2 Å². The van der Waals surface area contributed by atoms with E-state index in [4.69, 9.17) is 0 Å². The fourth-order valence-electron chi connectivity index (χ4n) is 2.77. The van der Waals surface area contributed by atoms with Crippen LogP contribution in [-0.2, 0) is 4.79 Å². The number of hydrogen-bond donors (Lipinski definition) is 2. The van der Waals surface area contributed by atoms with Gasteiger partial charge in [-0.15, -0.1) is 11.8 Å². The first-order valence-corrected chi connectivity index (χ1v) is 7.84. The maximum atomic E-state index is 11.7. The molecular formula is C13H23NO2S. The molecule has 0 atom stereocenters. The second-order valence-electron chi connectivity index (χ2n) is 5.43. The number of carbonyl (C=O) groups is 1. The number of thioether (sulfide) groups is 1. The molecule has 17 heavy (non-hydrogen) atoms.